The van der Waals surface area contributed by atoms with Gasteiger partial charge in [0.15, 0.2) is 6.61 Å². The number of nitrogens with one attached hydrogen (secondary N) is 4. The van der Waals surface area contributed by atoms with Crippen LogP contribution in [0.15, 0.2) is 48.5 Å². The van der Waals surface area contributed by atoms with Crippen LogP contribution in [0.3, 0.4) is 0 Å². The summed E-state index contributed by atoms with van der Waals surface area (Å²) in [7, 11) is 0. The Labute approximate surface area is 254 Å². The van der Waals surface area contributed by atoms with Gasteiger partial charge in [-0.1, -0.05) is 37.6 Å². The average Bonchev–Trinajstić information content (AvgIpc) is 3.74. The number of hydrogen-bond donors (Lipinski definition) is 5. The number of carbonyl (C=O) groups excluding carboxylic acids is 2. The predicted octanol–water partition coefficient (Wildman–Crippen LogP) is 4.27. The molecule has 0 unspecified atom stereocenters. The number of aliphatic carboxylic acids is 1. The quantitative estimate of drug-likeness (QED) is 0.181. The third kappa shape index (κ3) is 9.17. The van der Waals surface area contributed by atoms with Crippen LogP contribution in [0.5, 0.6) is 6.01 Å². The maximum atomic E-state index is 12.8. The first-order valence-corrected chi connectivity index (χ1v) is 13.7. The van der Waals surface area contributed by atoms with Crippen LogP contribution >= 0.6 is 11.6 Å². The molecule has 16 heteroatoms. The number of halogens is 4. The van der Waals surface area contributed by atoms with E-state index >= 15 is 0 Å². The normalized spacial score (nSPS) is 13.9. The molecule has 0 bridgehead atoms. The molecule has 12 nitrogen and oxygen atoms in total. The van der Waals surface area contributed by atoms with Gasteiger partial charge in [0, 0.05) is 29.4 Å². The zero-order valence-corrected chi connectivity index (χ0v) is 24.3. The van der Waals surface area contributed by atoms with Gasteiger partial charge in [-0.05, 0) is 60.2 Å². The van der Waals surface area contributed by atoms with Crippen molar-refractivity contribution in [2.24, 2.45) is 5.41 Å². The van der Waals surface area contributed by atoms with Crippen molar-refractivity contribution in [2.75, 3.05) is 30.3 Å². The highest BCUT2D eigenvalue weighted by Gasteiger charge is 2.45. The molecule has 1 heterocycles. The lowest BCUT2D eigenvalue weighted by Gasteiger charge is -2.25. The van der Waals surface area contributed by atoms with Crippen molar-refractivity contribution in [1.29, 1.82) is 0 Å². The number of hydrogen-bond acceptors (Lipinski definition) is 9. The molecule has 0 spiro atoms. The van der Waals surface area contributed by atoms with E-state index in [0.717, 1.165) is 18.4 Å². The Morgan fingerprint density at radius 2 is 1.55 bits per heavy atom. The fraction of sp³-hybridized carbons (Fsp3) is 0.357. The van der Waals surface area contributed by atoms with Gasteiger partial charge in [-0.3, -0.25) is 9.59 Å². The third-order valence-electron chi connectivity index (χ3n) is 6.53. The van der Waals surface area contributed by atoms with Crippen LogP contribution in [0.1, 0.15) is 42.6 Å². The Bertz CT molecular complexity index is 1520. The monoisotopic (exact) mass is 635 g/mol. The topological polar surface area (TPSA) is 167 Å². The molecule has 4 rings (SSSR count). The summed E-state index contributed by atoms with van der Waals surface area (Å²) in [6.07, 6.45) is -3.13. The van der Waals surface area contributed by atoms with Crippen LogP contribution in [0, 0.1) is 5.41 Å². The van der Waals surface area contributed by atoms with E-state index in [1.165, 1.54) is 12.1 Å². The second-order valence-corrected chi connectivity index (χ2v) is 11.4. The van der Waals surface area contributed by atoms with E-state index in [-0.39, 0.29) is 25.0 Å². The number of alkyl halides is 3. The molecule has 1 aliphatic rings. The summed E-state index contributed by atoms with van der Waals surface area (Å²) >= 11 is 6.00. The molecular formula is C28H29ClF3N7O5. The Balaban J connectivity index is 1.44. The van der Waals surface area contributed by atoms with Gasteiger partial charge in [-0.15, -0.1) is 0 Å². The summed E-state index contributed by atoms with van der Waals surface area (Å²) in [5.74, 6) is -3.24. The first-order valence-electron chi connectivity index (χ1n) is 13.3. The predicted molar refractivity (Wildman–Crippen MR) is 154 cm³/mol. The Morgan fingerprint density at radius 1 is 0.932 bits per heavy atom. The van der Waals surface area contributed by atoms with Crippen LogP contribution in [0.25, 0.3) is 0 Å². The van der Waals surface area contributed by atoms with E-state index < -0.39 is 47.5 Å². The number of carboxylic acid groups (broad SMARTS) is 1. The van der Waals surface area contributed by atoms with Crippen LogP contribution in [0.2, 0.25) is 5.02 Å². The van der Waals surface area contributed by atoms with E-state index in [9.17, 15) is 27.6 Å². The molecule has 0 saturated heterocycles. The molecule has 3 aromatic rings. The van der Waals surface area contributed by atoms with Crippen LogP contribution < -0.4 is 26.0 Å². The van der Waals surface area contributed by atoms with E-state index in [2.05, 4.69) is 36.2 Å². The van der Waals surface area contributed by atoms with E-state index in [1.807, 2.05) is 12.1 Å². The second kappa shape index (κ2) is 12.9. The lowest BCUT2D eigenvalue weighted by atomic mass is 9.93. The second-order valence-electron chi connectivity index (χ2n) is 10.9. The molecule has 44 heavy (non-hydrogen) atoms. The molecule has 2 aromatic carbocycles. The first kappa shape index (κ1) is 32.3. The molecule has 2 amide bonds. The third-order valence-corrected chi connectivity index (χ3v) is 6.78. The number of nitrogens with zero attached hydrogens (tertiary/aromatic N) is 3. The Hall–Kier alpha value is -4.66. The molecule has 0 atom stereocenters. The van der Waals surface area contributed by atoms with Crippen molar-refractivity contribution in [3.63, 3.8) is 0 Å². The van der Waals surface area contributed by atoms with Gasteiger partial charge < -0.3 is 31.1 Å². The number of ether oxygens (including phenoxy) is 1. The number of anilines is 3. The standard InChI is InChI=1S/C28H29ClF3N7O5/c1-26(2,14-34-21(41)22(42)43)13-33-20(40)16-3-9-19(10-4-16)35-23-36-24(38-25(37-23)44-15-28(30,31)32)39-27(11-12-27)17-5-7-18(29)8-6-17/h3-10H,11-15H2,1-2H3,(H,33,40)(H,34,41)(H,42,43)(H2,35,36,37,38,39). The SMILES string of the molecule is CC(C)(CNC(=O)C(=O)O)CNC(=O)c1ccc(Nc2nc(NC3(c4ccc(Cl)cc4)CC3)nc(OCC(F)(F)F)n2)cc1. The van der Waals surface area contributed by atoms with Crippen molar-refractivity contribution in [3.05, 3.63) is 64.7 Å². The van der Waals surface area contributed by atoms with Crippen LogP contribution in [-0.2, 0) is 15.1 Å². The molecule has 1 aromatic heterocycles. The van der Waals surface area contributed by atoms with Crippen molar-refractivity contribution < 1.29 is 37.4 Å². The van der Waals surface area contributed by atoms with E-state index in [0.29, 0.717) is 16.3 Å². The van der Waals surface area contributed by atoms with Crippen molar-refractivity contribution >= 4 is 47.0 Å². The Morgan fingerprint density at radius 3 is 2.14 bits per heavy atom. The number of aromatic nitrogens is 3. The number of carboxylic acids is 1. The van der Waals surface area contributed by atoms with Gasteiger partial charge in [0.25, 0.3) is 5.91 Å². The Kier molecular flexibility index (Phi) is 9.47. The average molecular weight is 636 g/mol. The highest BCUT2D eigenvalue weighted by molar-refractivity contribution is 6.31. The van der Waals surface area contributed by atoms with E-state index in [4.69, 9.17) is 21.4 Å². The highest BCUT2D eigenvalue weighted by atomic mass is 35.5. The summed E-state index contributed by atoms with van der Waals surface area (Å²) < 4.78 is 43.3. The smallest absolute Gasteiger partial charge is 0.422 e. The molecule has 0 aliphatic heterocycles. The fourth-order valence-corrected chi connectivity index (χ4v) is 4.11. The molecule has 1 aliphatic carbocycles. The maximum absolute atomic E-state index is 12.8. The minimum Gasteiger partial charge on any atom is -0.474 e. The van der Waals surface area contributed by atoms with Gasteiger partial charge in [-0.2, -0.15) is 28.1 Å². The number of benzene rings is 2. The van der Waals surface area contributed by atoms with Crippen LogP contribution in [-0.4, -0.2) is 63.7 Å². The number of carbonyl (C=O) groups is 3. The molecule has 234 valence electrons. The van der Waals surface area contributed by atoms with Gasteiger partial charge in [-0.25, -0.2) is 4.79 Å². The van der Waals surface area contributed by atoms with E-state index in [1.54, 1.807) is 38.1 Å². The van der Waals surface area contributed by atoms with Gasteiger partial charge in [0.1, 0.15) is 0 Å². The summed E-state index contributed by atoms with van der Waals surface area (Å²) in [6, 6.07) is 12.8. The minimum atomic E-state index is -4.60. The molecule has 1 saturated carbocycles. The summed E-state index contributed by atoms with van der Waals surface area (Å²) in [4.78, 5) is 46.9. The van der Waals surface area contributed by atoms with Crippen LogP contribution in [0.4, 0.5) is 30.8 Å². The highest BCUT2D eigenvalue weighted by Crippen LogP contribution is 2.48. The first-order chi connectivity index (χ1) is 20.6. The molecule has 5 N–H and O–H groups in total. The lowest BCUT2D eigenvalue weighted by Crippen LogP contribution is -2.43. The maximum Gasteiger partial charge on any atom is 0.422 e. The lowest BCUT2D eigenvalue weighted by molar-refractivity contribution is -0.154. The largest absolute Gasteiger partial charge is 0.474 e. The summed E-state index contributed by atoms with van der Waals surface area (Å²) in [5.41, 5.74) is 0.487. The van der Waals surface area contributed by atoms with Gasteiger partial charge in [0.05, 0.1) is 5.54 Å². The van der Waals surface area contributed by atoms with Crippen molar-refractivity contribution in [1.82, 2.24) is 25.6 Å². The van der Waals surface area contributed by atoms with Gasteiger partial charge in [0.2, 0.25) is 11.9 Å². The minimum absolute atomic E-state index is 0.00489. The zero-order chi connectivity index (χ0) is 32.1. The fourth-order valence-electron chi connectivity index (χ4n) is 3.99. The van der Waals surface area contributed by atoms with Crippen molar-refractivity contribution in [3.8, 4) is 6.01 Å². The number of amides is 2. The summed E-state index contributed by atoms with van der Waals surface area (Å²) in [6.45, 7) is 2.07. The molecular weight excluding hydrogens is 607 g/mol. The molecule has 0 radical (unpaired) electrons. The van der Waals surface area contributed by atoms with Crippen molar-refractivity contribution in [2.45, 2.75) is 38.4 Å². The summed E-state index contributed by atoms with van der Waals surface area (Å²) in [5, 5.41) is 20.3. The van der Waals surface area contributed by atoms with Gasteiger partial charge >= 0.3 is 24.1 Å². The molecule has 1 fully saturated rings. The zero-order valence-electron chi connectivity index (χ0n) is 23.6. The number of rotatable bonds is 12.